The molecule has 0 bridgehead atoms. The van der Waals surface area contributed by atoms with Crippen molar-refractivity contribution in [2.45, 2.75) is 32.7 Å². The maximum absolute atomic E-state index is 4.11. The van der Waals surface area contributed by atoms with Crippen LogP contribution in [-0.4, -0.2) is 11.5 Å². The molecule has 0 spiro atoms. The van der Waals surface area contributed by atoms with Crippen molar-refractivity contribution < 1.29 is 0 Å². The zero-order chi connectivity index (χ0) is 14.5. The largest absolute Gasteiger partial charge is 0.310 e. The third-order valence-electron chi connectivity index (χ3n) is 3.80. The highest BCUT2D eigenvalue weighted by Gasteiger charge is 2.22. The van der Waals surface area contributed by atoms with Gasteiger partial charge in [0, 0.05) is 28.8 Å². The minimum Gasteiger partial charge on any atom is -0.310 e. The predicted octanol–water partition coefficient (Wildman–Crippen LogP) is 4.61. The third kappa shape index (κ3) is 3.28. The van der Waals surface area contributed by atoms with Gasteiger partial charge >= 0.3 is 0 Å². The third-order valence-corrected chi connectivity index (χ3v) is 4.66. The molecule has 2 atom stereocenters. The molecule has 1 heterocycles. The Morgan fingerprint density at radius 2 is 1.90 bits per heavy atom. The molecule has 106 valence electrons. The van der Waals surface area contributed by atoms with Gasteiger partial charge in [-0.05, 0) is 48.4 Å². The first kappa shape index (κ1) is 15.2. The number of benzene rings is 1. The molecule has 1 aromatic carbocycles. The molecule has 2 nitrogen and oxygen atoms in total. The van der Waals surface area contributed by atoms with E-state index in [0.29, 0.717) is 12.0 Å². The van der Waals surface area contributed by atoms with E-state index in [1.165, 1.54) is 21.2 Å². The topological polar surface area (TPSA) is 24.9 Å². The molecule has 2 aromatic rings. The van der Waals surface area contributed by atoms with Gasteiger partial charge in [0.25, 0.3) is 0 Å². The lowest BCUT2D eigenvalue weighted by Gasteiger charge is -2.27. The van der Waals surface area contributed by atoms with Crippen LogP contribution in [0.3, 0.4) is 0 Å². The van der Waals surface area contributed by atoms with Gasteiger partial charge in [0.15, 0.2) is 0 Å². The second-order valence-electron chi connectivity index (χ2n) is 5.06. The van der Waals surface area contributed by atoms with Crippen molar-refractivity contribution >= 4 is 15.9 Å². The van der Waals surface area contributed by atoms with Crippen molar-refractivity contribution in [3.05, 3.63) is 63.9 Å². The fourth-order valence-corrected chi connectivity index (χ4v) is 2.98. The van der Waals surface area contributed by atoms with Gasteiger partial charge in [0.05, 0.1) is 0 Å². The summed E-state index contributed by atoms with van der Waals surface area (Å²) in [6.45, 7) is 7.54. The lowest BCUT2D eigenvalue weighted by Crippen LogP contribution is -2.26. The van der Waals surface area contributed by atoms with Crippen LogP contribution in [0.5, 0.6) is 0 Å². The smallest absolute Gasteiger partial charge is 0.0389 e. The maximum atomic E-state index is 4.11. The summed E-state index contributed by atoms with van der Waals surface area (Å²) in [6, 6.07) is 10.9. The van der Waals surface area contributed by atoms with E-state index < -0.39 is 0 Å². The van der Waals surface area contributed by atoms with Crippen LogP contribution in [-0.2, 0) is 0 Å². The molecule has 0 aliphatic carbocycles. The summed E-state index contributed by atoms with van der Waals surface area (Å²) in [5.74, 6) is 0.394. The quantitative estimate of drug-likeness (QED) is 0.864. The zero-order valence-electron chi connectivity index (χ0n) is 12.2. The Hall–Kier alpha value is -1.19. The number of nitrogens with zero attached hydrogens (tertiary/aromatic N) is 1. The van der Waals surface area contributed by atoms with Gasteiger partial charge in [0.1, 0.15) is 0 Å². The molecule has 1 aromatic heterocycles. The summed E-state index contributed by atoms with van der Waals surface area (Å²) >= 11 is 3.63. The first-order valence-electron chi connectivity index (χ1n) is 7.03. The number of halogens is 1. The van der Waals surface area contributed by atoms with Crippen LogP contribution in [0.2, 0.25) is 0 Å². The molecule has 0 fully saturated rings. The molecular formula is C17H21BrN2. The Balaban J connectivity index is 2.38. The molecule has 0 saturated heterocycles. The van der Waals surface area contributed by atoms with Gasteiger partial charge in [-0.3, -0.25) is 4.98 Å². The van der Waals surface area contributed by atoms with E-state index in [9.17, 15) is 0 Å². The van der Waals surface area contributed by atoms with Crippen LogP contribution >= 0.6 is 15.9 Å². The molecule has 0 radical (unpaired) electrons. The Morgan fingerprint density at radius 3 is 2.55 bits per heavy atom. The van der Waals surface area contributed by atoms with Crippen molar-refractivity contribution in [1.29, 1.82) is 0 Å². The van der Waals surface area contributed by atoms with Crippen LogP contribution < -0.4 is 5.32 Å². The molecule has 2 rings (SSSR count). The van der Waals surface area contributed by atoms with E-state index in [2.05, 4.69) is 77.3 Å². The Morgan fingerprint density at radius 1 is 1.20 bits per heavy atom. The SMILES string of the molecule is CCNC(c1cccc(Br)c1C)C(C)c1ccncc1. The van der Waals surface area contributed by atoms with Crippen molar-refractivity contribution in [2.75, 3.05) is 6.54 Å². The molecule has 2 unspecified atom stereocenters. The number of nitrogens with one attached hydrogen (secondary N) is 1. The number of aromatic nitrogens is 1. The van der Waals surface area contributed by atoms with Gasteiger partial charge in [-0.15, -0.1) is 0 Å². The molecular weight excluding hydrogens is 312 g/mol. The van der Waals surface area contributed by atoms with Crippen LogP contribution in [0.1, 0.15) is 42.5 Å². The first-order chi connectivity index (χ1) is 9.65. The molecule has 20 heavy (non-hydrogen) atoms. The van der Waals surface area contributed by atoms with Crippen LogP contribution in [0.15, 0.2) is 47.2 Å². The van der Waals surface area contributed by atoms with Crippen LogP contribution in [0, 0.1) is 6.92 Å². The fraction of sp³-hybridized carbons (Fsp3) is 0.353. The fourth-order valence-electron chi connectivity index (χ4n) is 2.60. The highest BCUT2D eigenvalue weighted by Crippen LogP contribution is 2.34. The van der Waals surface area contributed by atoms with Crippen LogP contribution in [0.25, 0.3) is 0 Å². The molecule has 1 N–H and O–H groups in total. The number of hydrogen-bond acceptors (Lipinski definition) is 2. The molecule has 0 amide bonds. The van der Waals surface area contributed by atoms with Gasteiger partial charge < -0.3 is 5.32 Å². The van der Waals surface area contributed by atoms with E-state index in [0.717, 1.165) is 6.54 Å². The average Bonchev–Trinajstić information content (AvgIpc) is 2.48. The Bertz CT molecular complexity index is 554. The highest BCUT2D eigenvalue weighted by molar-refractivity contribution is 9.10. The maximum Gasteiger partial charge on any atom is 0.0389 e. The monoisotopic (exact) mass is 332 g/mol. The van der Waals surface area contributed by atoms with Crippen LogP contribution in [0.4, 0.5) is 0 Å². The van der Waals surface area contributed by atoms with Gasteiger partial charge in [-0.25, -0.2) is 0 Å². The number of hydrogen-bond donors (Lipinski definition) is 1. The summed E-state index contributed by atoms with van der Waals surface area (Å²) in [5, 5.41) is 3.62. The van der Waals surface area contributed by atoms with Crippen molar-refractivity contribution in [2.24, 2.45) is 0 Å². The van der Waals surface area contributed by atoms with E-state index in [1.54, 1.807) is 0 Å². The normalized spacial score (nSPS) is 14.0. The van der Waals surface area contributed by atoms with E-state index in [-0.39, 0.29) is 0 Å². The minimum atomic E-state index is 0.305. The summed E-state index contributed by atoms with van der Waals surface area (Å²) < 4.78 is 1.17. The first-order valence-corrected chi connectivity index (χ1v) is 7.82. The minimum absolute atomic E-state index is 0.305. The lowest BCUT2D eigenvalue weighted by atomic mass is 9.87. The van der Waals surface area contributed by atoms with E-state index >= 15 is 0 Å². The second kappa shape index (κ2) is 7.00. The van der Waals surface area contributed by atoms with Crippen molar-refractivity contribution in [3.63, 3.8) is 0 Å². The highest BCUT2D eigenvalue weighted by atomic mass is 79.9. The second-order valence-corrected chi connectivity index (χ2v) is 5.91. The predicted molar refractivity (Wildman–Crippen MR) is 87.9 cm³/mol. The Kier molecular flexibility index (Phi) is 5.32. The average molecular weight is 333 g/mol. The van der Waals surface area contributed by atoms with Crippen molar-refractivity contribution in [3.8, 4) is 0 Å². The summed E-state index contributed by atoms with van der Waals surface area (Å²) in [7, 11) is 0. The van der Waals surface area contributed by atoms with Crippen molar-refractivity contribution in [1.82, 2.24) is 10.3 Å². The van der Waals surface area contributed by atoms with E-state index in [1.807, 2.05) is 12.4 Å². The summed E-state index contributed by atoms with van der Waals surface area (Å²) in [5.41, 5.74) is 3.97. The van der Waals surface area contributed by atoms with E-state index in [4.69, 9.17) is 0 Å². The number of pyridine rings is 1. The number of likely N-dealkylation sites (N-methyl/N-ethyl adjacent to an activating group) is 1. The van der Waals surface area contributed by atoms with Gasteiger partial charge in [0.2, 0.25) is 0 Å². The molecule has 3 heteroatoms. The van der Waals surface area contributed by atoms with Gasteiger partial charge in [-0.2, -0.15) is 0 Å². The molecule has 0 aliphatic rings. The van der Waals surface area contributed by atoms with Gasteiger partial charge in [-0.1, -0.05) is 41.9 Å². The zero-order valence-corrected chi connectivity index (χ0v) is 13.8. The Labute approximate surface area is 129 Å². The standard InChI is InChI=1S/C17H21BrN2/c1-4-20-17(12(2)14-8-10-19-11-9-14)15-6-5-7-16(18)13(15)3/h5-12,17,20H,4H2,1-3H3. The molecule has 0 aliphatic heterocycles. The summed E-state index contributed by atoms with van der Waals surface area (Å²) in [6.07, 6.45) is 3.73. The number of rotatable bonds is 5. The summed E-state index contributed by atoms with van der Waals surface area (Å²) in [4.78, 5) is 4.11. The lowest BCUT2D eigenvalue weighted by molar-refractivity contribution is 0.477. The molecule has 0 saturated carbocycles.